The number of hydrogen-bond donors (Lipinski definition) is 1. The molecule has 94 valence electrons. The van der Waals surface area contributed by atoms with Gasteiger partial charge in [0.2, 0.25) is 0 Å². The van der Waals surface area contributed by atoms with Crippen molar-refractivity contribution in [3.05, 3.63) is 34.9 Å². The molecule has 0 saturated carbocycles. The molecule has 2 aromatic rings. The molecule has 0 radical (unpaired) electrons. The van der Waals surface area contributed by atoms with E-state index in [9.17, 15) is 4.79 Å². The van der Waals surface area contributed by atoms with Gasteiger partial charge in [-0.1, -0.05) is 11.6 Å². The molecular weight excluding hydrogens is 250 g/mol. The number of nitrogens with zero attached hydrogens (tertiary/aromatic N) is 2. The van der Waals surface area contributed by atoms with E-state index in [1.54, 1.807) is 6.07 Å². The number of fused-ring (bicyclic) bond motifs is 1. The second-order valence-electron chi connectivity index (χ2n) is 4.63. The molecule has 0 bridgehead atoms. The highest BCUT2D eigenvalue weighted by atomic mass is 35.5. The summed E-state index contributed by atoms with van der Waals surface area (Å²) in [6, 6.07) is 4.07. The maximum atomic E-state index is 11.0. The fourth-order valence-electron chi connectivity index (χ4n) is 2.53. The SMILES string of the molecule is O=Cc1nc(CC2CCCN2)n2cc(Cl)ccc12. The molecule has 3 rings (SSSR count). The van der Waals surface area contributed by atoms with Crippen molar-refractivity contribution in [1.82, 2.24) is 14.7 Å². The van der Waals surface area contributed by atoms with E-state index >= 15 is 0 Å². The summed E-state index contributed by atoms with van der Waals surface area (Å²) in [5, 5.41) is 4.09. The van der Waals surface area contributed by atoms with Crippen molar-refractivity contribution in [2.24, 2.45) is 0 Å². The molecule has 1 unspecified atom stereocenters. The Morgan fingerprint density at radius 3 is 3.17 bits per heavy atom. The molecule has 1 aliphatic rings. The van der Waals surface area contributed by atoms with Crippen LogP contribution in [0.2, 0.25) is 5.02 Å². The third kappa shape index (κ3) is 2.02. The topological polar surface area (TPSA) is 46.4 Å². The normalized spacial score (nSPS) is 19.5. The van der Waals surface area contributed by atoms with Crippen LogP contribution in [0.4, 0.5) is 0 Å². The van der Waals surface area contributed by atoms with Crippen LogP contribution in [0, 0.1) is 0 Å². The molecule has 1 fully saturated rings. The lowest BCUT2D eigenvalue weighted by Crippen LogP contribution is -2.24. The first-order valence-corrected chi connectivity index (χ1v) is 6.51. The van der Waals surface area contributed by atoms with Gasteiger partial charge >= 0.3 is 0 Å². The molecule has 0 spiro atoms. The van der Waals surface area contributed by atoms with Crippen LogP contribution in [0.5, 0.6) is 0 Å². The number of imidazole rings is 1. The summed E-state index contributed by atoms with van der Waals surface area (Å²) in [5.74, 6) is 0.897. The Kier molecular flexibility index (Phi) is 3.06. The number of nitrogens with one attached hydrogen (secondary N) is 1. The minimum Gasteiger partial charge on any atom is -0.314 e. The molecule has 0 amide bonds. The third-order valence-corrected chi connectivity index (χ3v) is 3.63. The summed E-state index contributed by atoms with van der Waals surface area (Å²) in [6.45, 7) is 1.06. The number of halogens is 1. The van der Waals surface area contributed by atoms with Crippen LogP contribution in [-0.2, 0) is 6.42 Å². The van der Waals surface area contributed by atoms with Crippen molar-refractivity contribution >= 4 is 23.4 Å². The minimum absolute atomic E-state index is 0.453. The Labute approximate surface area is 110 Å². The van der Waals surface area contributed by atoms with E-state index in [1.807, 2.05) is 16.7 Å². The molecule has 18 heavy (non-hydrogen) atoms. The van der Waals surface area contributed by atoms with Crippen LogP contribution in [0.3, 0.4) is 0 Å². The summed E-state index contributed by atoms with van der Waals surface area (Å²) in [4.78, 5) is 15.4. The van der Waals surface area contributed by atoms with Crippen LogP contribution in [-0.4, -0.2) is 28.3 Å². The first-order chi connectivity index (χ1) is 8.78. The van der Waals surface area contributed by atoms with Gasteiger partial charge in [0.05, 0.1) is 10.5 Å². The van der Waals surface area contributed by atoms with Gasteiger partial charge in [0, 0.05) is 18.7 Å². The summed E-state index contributed by atoms with van der Waals surface area (Å²) in [7, 11) is 0. The van der Waals surface area contributed by atoms with Gasteiger partial charge in [-0.2, -0.15) is 0 Å². The second kappa shape index (κ2) is 4.71. The largest absolute Gasteiger partial charge is 0.314 e. The standard InChI is InChI=1S/C13H14ClN3O/c14-9-3-4-12-11(8-18)16-13(17(12)7-9)6-10-2-1-5-15-10/h3-4,7-8,10,15H,1-2,5-6H2. The highest BCUT2D eigenvalue weighted by Crippen LogP contribution is 2.19. The van der Waals surface area contributed by atoms with Crippen molar-refractivity contribution in [3.8, 4) is 0 Å². The van der Waals surface area contributed by atoms with Crippen LogP contribution in [0.1, 0.15) is 29.2 Å². The van der Waals surface area contributed by atoms with E-state index in [-0.39, 0.29) is 0 Å². The Morgan fingerprint density at radius 2 is 2.44 bits per heavy atom. The third-order valence-electron chi connectivity index (χ3n) is 3.41. The van der Waals surface area contributed by atoms with Gasteiger partial charge < -0.3 is 9.72 Å². The zero-order valence-corrected chi connectivity index (χ0v) is 10.7. The van der Waals surface area contributed by atoms with Crippen LogP contribution in [0.15, 0.2) is 18.3 Å². The summed E-state index contributed by atoms with van der Waals surface area (Å²) >= 11 is 6.01. The van der Waals surface area contributed by atoms with Gasteiger partial charge in [0.1, 0.15) is 11.5 Å². The predicted molar refractivity (Wildman–Crippen MR) is 70.3 cm³/mol. The van der Waals surface area contributed by atoms with Crippen molar-refractivity contribution in [2.75, 3.05) is 6.54 Å². The number of hydrogen-bond acceptors (Lipinski definition) is 3. The van der Waals surface area contributed by atoms with E-state index in [0.29, 0.717) is 16.8 Å². The monoisotopic (exact) mass is 263 g/mol. The maximum absolute atomic E-state index is 11.0. The number of aldehydes is 1. The predicted octanol–water partition coefficient (Wildman–Crippen LogP) is 2.09. The Balaban J connectivity index is 2.04. The quantitative estimate of drug-likeness (QED) is 0.863. The van der Waals surface area contributed by atoms with Crippen molar-refractivity contribution < 1.29 is 4.79 Å². The molecule has 4 nitrogen and oxygen atoms in total. The molecule has 1 N–H and O–H groups in total. The Hall–Kier alpha value is -1.39. The first kappa shape index (κ1) is 11.7. The van der Waals surface area contributed by atoms with Crippen molar-refractivity contribution in [3.63, 3.8) is 0 Å². The highest BCUT2D eigenvalue weighted by Gasteiger charge is 2.18. The van der Waals surface area contributed by atoms with Gasteiger partial charge in [-0.15, -0.1) is 0 Å². The zero-order valence-electron chi connectivity index (χ0n) is 9.90. The average molecular weight is 264 g/mol. The molecule has 1 aliphatic heterocycles. The van der Waals surface area contributed by atoms with Gasteiger partial charge in [-0.05, 0) is 31.5 Å². The van der Waals surface area contributed by atoms with E-state index in [0.717, 1.165) is 37.0 Å². The minimum atomic E-state index is 0.453. The summed E-state index contributed by atoms with van der Waals surface area (Å²) in [6.07, 6.45) is 5.81. The lowest BCUT2D eigenvalue weighted by Gasteiger charge is -2.08. The zero-order chi connectivity index (χ0) is 12.5. The molecule has 2 aromatic heterocycles. The van der Waals surface area contributed by atoms with Gasteiger partial charge in [-0.25, -0.2) is 4.98 Å². The molecule has 0 aromatic carbocycles. The van der Waals surface area contributed by atoms with E-state index in [2.05, 4.69) is 10.3 Å². The number of carbonyl (C=O) groups excluding carboxylic acids is 1. The Bertz CT molecular complexity index is 587. The van der Waals surface area contributed by atoms with Gasteiger partial charge in [-0.3, -0.25) is 4.79 Å². The maximum Gasteiger partial charge on any atom is 0.170 e. The highest BCUT2D eigenvalue weighted by molar-refractivity contribution is 6.30. The fourth-order valence-corrected chi connectivity index (χ4v) is 2.69. The first-order valence-electron chi connectivity index (χ1n) is 6.13. The van der Waals surface area contributed by atoms with Crippen LogP contribution in [0.25, 0.3) is 5.52 Å². The van der Waals surface area contributed by atoms with E-state index < -0.39 is 0 Å². The molecule has 0 aliphatic carbocycles. The molecule has 3 heterocycles. The Morgan fingerprint density at radius 1 is 1.56 bits per heavy atom. The van der Waals surface area contributed by atoms with Gasteiger partial charge in [0.25, 0.3) is 0 Å². The van der Waals surface area contributed by atoms with E-state index in [4.69, 9.17) is 11.6 Å². The van der Waals surface area contributed by atoms with Crippen LogP contribution < -0.4 is 5.32 Å². The van der Waals surface area contributed by atoms with E-state index in [1.165, 1.54) is 6.42 Å². The van der Waals surface area contributed by atoms with Crippen molar-refractivity contribution in [1.29, 1.82) is 0 Å². The number of pyridine rings is 1. The van der Waals surface area contributed by atoms with Crippen LogP contribution >= 0.6 is 11.6 Å². The summed E-state index contributed by atoms with van der Waals surface area (Å²) < 4.78 is 1.92. The van der Waals surface area contributed by atoms with Gasteiger partial charge in [0.15, 0.2) is 6.29 Å². The average Bonchev–Trinajstić information content (AvgIpc) is 2.98. The number of carbonyl (C=O) groups is 1. The molecule has 5 heteroatoms. The number of rotatable bonds is 3. The lowest BCUT2D eigenvalue weighted by atomic mass is 10.1. The fraction of sp³-hybridized carbons (Fsp3) is 0.385. The smallest absolute Gasteiger partial charge is 0.170 e. The molecular formula is C13H14ClN3O. The number of aromatic nitrogens is 2. The molecule has 1 saturated heterocycles. The molecule has 1 atom stereocenters. The lowest BCUT2D eigenvalue weighted by molar-refractivity contribution is 0.112. The van der Waals surface area contributed by atoms with Crippen molar-refractivity contribution in [2.45, 2.75) is 25.3 Å². The second-order valence-corrected chi connectivity index (χ2v) is 5.07. The summed E-state index contributed by atoms with van der Waals surface area (Å²) in [5.41, 5.74) is 1.31.